The first-order chi connectivity index (χ1) is 6.16. The maximum absolute atomic E-state index is 10.7. The van der Waals surface area contributed by atoms with Crippen LogP contribution in [0, 0.1) is 11.3 Å². The number of ether oxygens (including phenoxy) is 2. The molecule has 0 amide bonds. The van der Waals surface area contributed by atoms with Crippen molar-refractivity contribution in [1.82, 2.24) is 0 Å². The van der Waals surface area contributed by atoms with Crippen LogP contribution in [-0.2, 0) is 14.3 Å². The van der Waals surface area contributed by atoms with E-state index in [1.54, 1.807) is 6.07 Å². The Balaban J connectivity index is 3.39. The lowest BCUT2D eigenvalue weighted by Crippen LogP contribution is -2.11. The van der Waals surface area contributed by atoms with Gasteiger partial charge in [-0.1, -0.05) is 0 Å². The minimum absolute atomic E-state index is 0.133. The molecule has 4 nitrogen and oxygen atoms in total. The summed E-state index contributed by atoms with van der Waals surface area (Å²) in [6.45, 7) is 4.39. The SMILES string of the molecule is CC(C)OCCOC(=O)C=CC#N. The monoisotopic (exact) mass is 183 g/mol. The van der Waals surface area contributed by atoms with Crippen LogP contribution in [-0.4, -0.2) is 25.3 Å². The van der Waals surface area contributed by atoms with Crippen molar-refractivity contribution in [3.05, 3.63) is 12.2 Å². The largest absolute Gasteiger partial charge is 0.460 e. The quantitative estimate of drug-likeness (QED) is 0.276. The van der Waals surface area contributed by atoms with Crippen molar-refractivity contribution >= 4 is 5.97 Å². The van der Waals surface area contributed by atoms with E-state index in [1.165, 1.54) is 0 Å². The predicted octanol–water partition coefficient (Wildman–Crippen LogP) is 1.03. The van der Waals surface area contributed by atoms with E-state index in [0.717, 1.165) is 12.2 Å². The van der Waals surface area contributed by atoms with Gasteiger partial charge in [0.05, 0.1) is 18.8 Å². The lowest BCUT2D eigenvalue weighted by molar-refractivity contribution is -0.139. The minimum atomic E-state index is -0.520. The first kappa shape index (κ1) is 11.7. The van der Waals surface area contributed by atoms with Crippen LogP contribution in [0.2, 0.25) is 0 Å². The molecule has 0 aliphatic rings. The Morgan fingerprint density at radius 3 is 2.77 bits per heavy atom. The number of hydrogen-bond donors (Lipinski definition) is 0. The number of esters is 1. The van der Waals surface area contributed by atoms with Gasteiger partial charge in [-0.3, -0.25) is 0 Å². The van der Waals surface area contributed by atoms with Crippen molar-refractivity contribution in [2.45, 2.75) is 20.0 Å². The van der Waals surface area contributed by atoms with E-state index < -0.39 is 5.97 Å². The molecule has 0 heterocycles. The van der Waals surface area contributed by atoms with Crippen LogP contribution in [0.4, 0.5) is 0 Å². The highest BCUT2D eigenvalue weighted by molar-refractivity contribution is 5.82. The lowest BCUT2D eigenvalue weighted by Gasteiger charge is -2.06. The first-order valence-electron chi connectivity index (χ1n) is 4.01. The normalized spacial score (nSPS) is 10.3. The van der Waals surface area contributed by atoms with E-state index in [1.807, 2.05) is 13.8 Å². The van der Waals surface area contributed by atoms with E-state index in [2.05, 4.69) is 0 Å². The number of allylic oxidation sites excluding steroid dienone is 1. The molecule has 0 N–H and O–H groups in total. The van der Waals surface area contributed by atoms with Crippen LogP contribution in [0.25, 0.3) is 0 Å². The van der Waals surface area contributed by atoms with Crippen LogP contribution in [0.1, 0.15) is 13.8 Å². The van der Waals surface area contributed by atoms with Gasteiger partial charge < -0.3 is 9.47 Å². The van der Waals surface area contributed by atoms with Gasteiger partial charge in [-0.2, -0.15) is 5.26 Å². The molecule has 4 heteroatoms. The molecule has 0 unspecified atom stereocenters. The summed E-state index contributed by atoms with van der Waals surface area (Å²) >= 11 is 0. The predicted molar refractivity (Wildman–Crippen MR) is 46.8 cm³/mol. The Morgan fingerprint density at radius 1 is 1.54 bits per heavy atom. The van der Waals surface area contributed by atoms with E-state index in [-0.39, 0.29) is 12.7 Å². The number of nitrogens with zero attached hydrogens (tertiary/aromatic N) is 1. The van der Waals surface area contributed by atoms with Crippen molar-refractivity contribution in [2.24, 2.45) is 0 Å². The number of rotatable bonds is 5. The van der Waals surface area contributed by atoms with Crippen LogP contribution in [0.3, 0.4) is 0 Å². The average Bonchev–Trinajstić information content (AvgIpc) is 2.08. The topological polar surface area (TPSA) is 59.3 Å². The van der Waals surface area contributed by atoms with E-state index >= 15 is 0 Å². The Bertz CT molecular complexity index is 215. The summed E-state index contributed by atoms with van der Waals surface area (Å²) in [7, 11) is 0. The van der Waals surface area contributed by atoms with Crippen LogP contribution in [0.15, 0.2) is 12.2 Å². The van der Waals surface area contributed by atoms with Crippen molar-refractivity contribution in [2.75, 3.05) is 13.2 Å². The summed E-state index contributed by atoms with van der Waals surface area (Å²) in [5, 5.41) is 8.09. The number of carbonyl (C=O) groups is 1. The summed E-state index contributed by atoms with van der Waals surface area (Å²) in [5.41, 5.74) is 0. The van der Waals surface area contributed by atoms with E-state index in [9.17, 15) is 4.79 Å². The van der Waals surface area contributed by atoms with Crippen molar-refractivity contribution in [1.29, 1.82) is 5.26 Å². The molecule has 0 bridgehead atoms. The van der Waals surface area contributed by atoms with Crippen molar-refractivity contribution in [3.63, 3.8) is 0 Å². The van der Waals surface area contributed by atoms with Gasteiger partial charge in [0.15, 0.2) is 0 Å². The Labute approximate surface area is 77.8 Å². The molecule has 0 aromatic rings. The molecule has 0 spiro atoms. The van der Waals surface area contributed by atoms with Gasteiger partial charge in [-0.05, 0) is 13.8 Å². The fourth-order valence-corrected chi connectivity index (χ4v) is 0.579. The Kier molecular flexibility index (Phi) is 6.56. The molecule has 13 heavy (non-hydrogen) atoms. The van der Waals surface area contributed by atoms with Gasteiger partial charge in [-0.15, -0.1) is 0 Å². The molecule has 0 aliphatic carbocycles. The fraction of sp³-hybridized carbons (Fsp3) is 0.556. The summed E-state index contributed by atoms with van der Waals surface area (Å²) in [6, 6.07) is 1.69. The molecular weight excluding hydrogens is 170 g/mol. The molecule has 0 saturated carbocycles. The molecule has 0 aromatic carbocycles. The van der Waals surface area contributed by atoms with Gasteiger partial charge >= 0.3 is 5.97 Å². The van der Waals surface area contributed by atoms with Gasteiger partial charge in [0.2, 0.25) is 0 Å². The maximum Gasteiger partial charge on any atom is 0.331 e. The molecule has 0 atom stereocenters. The average molecular weight is 183 g/mol. The number of nitriles is 1. The molecular formula is C9H13NO3. The summed E-state index contributed by atoms with van der Waals surface area (Å²) in [6.07, 6.45) is 2.29. The zero-order chi connectivity index (χ0) is 10.1. The molecule has 0 aromatic heterocycles. The lowest BCUT2D eigenvalue weighted by atomic mass is 10.5. The standard InChI is InChI=1S/C9H13NO3/c1-8(2)12-6-7-13-9(11)4-3-5-10/h3-4,8H,6-7H2,1-2H3. The molecule has 0 rings (SSSR count). The second-order valence-electron chi connectivity index (χ2n) is 2.55. The fourth-order valence-electron chi connectivity index (χ4n) is 0.579. The summed E-state index contributed by atoms with van der Waals surface area (Å²) < 4.78 is 9.82. The first-order valence-corrected chi connectivity index (χ1v) is 4.01. The summed E-state index contributed by atoms with van der Waals surface area (Å²) in [5.74, 6) is -0.520. The molecule has 0 fully saturated rings. The second-order valence-corrected chi connectivity index (χ2v) is 2.55. The van der Waals surface area contributed by atoms with Gasteiger partial charge in [0.25, 0.3) is 0 Å². The van der Waals surface area contributed by atoms with Gasteiger partial charge in [0.1, 0.15) is 6.61 Å². The zero-order valence-corrected chi connectivity index (χ0v) is 7.82. The van der Waals surface area contributed by atoms with Crippen LogP contribution in [0.5, 0.6) is 0 Å². The molecule has 0 radical (unpaired) electrons. The Hall–Kier alpha value is -1.34. The highest BCUT2D eigenvalue weighted by Gasteiger charge is 1.97. The van der Waals surface area contributed by atoms with Crippen molar-refractivity contribution < 1.29 is 14.3 Å². The number of hydrogen-bond acceptors (Lipinski definition) is 4. The smallest absolute Gasteiger partial charge is 0.331 e. The third kappa shape index (κ3) is 8.57. The van der Waals surface area contributed by atoms with Crippen molar-refractivity contribution in [3.8, 4) is 6.07 Å². The van der Waals surface area contributed by atoms with Gasteiger partial charge in [0, 0.05) is 12.2 Å². The molecule has 72 valence electrons. The van der Waals surface area contributed by atoms with Gasteiger partial charge in [-0.25, -0.2) is 4.79 Å². The third-order valence-electron chi connectivity index (χ3n) is 1.07. The summed E-state index contributed by atoms with van der Waals surface area (Å²) in [4.78, 5) is 10.7. The zero-order valence-electron chi connectivity index (χ0n) is 7.82. The maximum atomic E-state index is 10.7. The number of carbonyl (C=O) groups excluding carboxylic acids is 1. The molecule has 0 saturated heterocycles. The van der Waals surface area contributed by atoms with Crippen LogP contribution >= 0.6 is 0 Å². The second kappa shape index (κ2) is 7.32. The van der Waals surface area contributed by atoms with Crippen LogP contribution < -0.4 is 0 Å². The minimum Gasteiger partial charge on any atom is -0.460 e. The highest BCUT2D eigenvalue weighted by atomic mass is 16.6. The highest BCUT2D eigenvalue weighted by Crippen LogP contribution is 1.88. The van der Waals surface area contributed by atoms with E-state index in [4.69, 9.17) is 14.7 Å². The van der Waals surface area contributed by atoms with E-state index in [0.29, 0.717) is 6.61 Å². The molecule has 0 aliphatic heterocycles. The Morgan fingerprint density at radius 2 is 2.23 bits per heavy atom. The third-order valence-corrected chi connectivity index (χ3v) is 1.07.